The monoisotopic (exact) mass is 251 g/mol. The van der Waals surface area contributed by atoms with Crippen LogP contribution in [0.5, 0.6) is 11.5 Å². The second-order valence-corrected chi connectivity index (χ2v) is 4.06. The number of ether oxygens (including phenoxy) is 2. The number of anilines is 2. The molecule has 0 spiro atoms. The van der Waals surface area contributed by atoms with Gasteiger partial charge in [-0.05, 0) is 6.92 Å². The summed E-state index contributed by atoms with van der Waals surface area (Å²) in [4.78, 5) is 11.4. The van der Waals surface area contributed by atoms with Gasteiger partial charge in [0.2, 0.25) is 5.91 Å². The van der Waals surface area contributed by atoms with E-state index in [-0.39, 0.29) is 11.9 Å². The zero-order valence-electron chi connectivity index (χ0n) is 10.4. The predicted octanol–water partition coefficient (Wildman–Crippen LogP) is 0.586. The molecular formula is C12H17N3O3. The molecule has 1 aliphatic heterocycles. The number of nitrogen functional groups attached to an aromatic ring is 1. The molecule has 1 aliphatic rings. The third kappa shape index (κ3) is 2.42. The van der Waals surface area contributed by atoms with Crippen molar-refractivity contribution < 1.29 is 14.3 Å². The molecule has 1 heterocycles. The second-order valence-electron chi connectivity index (χ2n) is 4.06. The highest BCUT2D eigenvalue weighted by Gasteiger charge is 2.17. The Labute approximate surface area is 105 Å². The molecule has 0 saturated carbocycles. The maximum atomic E-state index is 11.4. The van der Waals surface area contributed by atoms with Gasteiger partial charge in [0.05, 0.1) is 11.4 Å². The van der Waals surface area contributed by atoms with Gasteiger partial charge in [0.15, 0.2) is 11.5 Å². The topological polar surface area (TPSA) is 85.6 Å². The number of nitrogens with two attached hydrogens (primary N) is 1. The maximum absolute atomic E-state index is 11.4. The number of carbonyl (C=O) groups is 1. The van der Waals surface area contributed by atoms with Crippen molar-refractivity contribution in [1.82, 2.24) is 5.32 Å². The summed E-state index contributed by atoms with van der Waals surface area (Å²) in [5.74, 6) is 1.17. The zero-order valence-corrected chi connectivity index (χ0v) is 10.4. The molecule has 1 atom stereocenters. The van der Waals surface area contributed by atoms with Gasteiger partial charge >= 0.3 is 0 Å². The van der Waals surface area contributed by atoms with Crippen molar-refractivity contribution in [1.29, 1.82) is 0 Å². The van der Waals surface area contributed by atoms with Crippen LogP contribution in [-0.2, 0) is 4.79 Å². The van der Waals surface area contributed by atoms with E-state index in [0.29, 0.717) is 36.1 Å². The molecule has 0 saturated heterocycles. The lowest BCUT2D eigenvalue weighted by Crippen LogP contribution is -2.35. The van der Waals surface area contributed by atoms with Gasteiger partial charge in [-0.3, -0.25) is 4.79 Å². The quantitative estimate of drug-likeness (QED) is 0.684. The van der Waals surface area contributed by atoms with E-state index >= 15 is 0 Å². The fraction of sp³-hybridized carbons (Fsp3) is 0.417. The van der Waals surface area contributed by atoms with Gasteiger partial charge in [-0.15, -0.1) is 0 Å². The molecule has 1 unspecified atom stereocenters. The minimum atomic E-state index is -0.375. The van der Waals surface area contributed by atoms with E-state index in [1.165, 1.54) is 0 Å². The lowest BCUT2D eigenvalue weighted by molar-refractivity contribution is -0.121. The number of carbonyl (C=O) groups excluding carboxylic acids is 1. The molecule has 1 aromatic rings. The van der Waals surface area contributed by atoms with Crippen LogP contribution in [0.2, 0.25) is 0 Å². The average Bonchev–Trinajstić information content (AvgIpc) is 2.38. The van der Waals surface area contributed by atoms with Crippen LogP contribution in [0.15, 0.2) is 12.1 Å². The maximum Gasteiger partial charge on any atom is 0.241 e. The highest BCUT2D eigenvalue weighted by Crippen LogP contribution is 2.37. The lowest BCUT2D eigenvalue weighted by atomic mass is 10.2. The first-order chi connectivity index (χ1) is 8.61. The van der Waals surface area contributed by atoms with E-state index < -0.39 is 0 Å². The van der Waals surface area contributed by atoms with Crippen molar-refractivity contribution in [3.63, 3.8) is 0 Å². The Morgan fingerprint density at radius 2 is 1.94 bits per heavy atom. The second kappa shape index (κ2) is 5.03. The average molecular weight is 251 g/mol. The number of hydrogen-bond acceptors (Lipinski definition) is 5. The fourth-order valence-corrected chi connectivity index (χ4v) is 1.74. The minimum Gasteiger partial charge on any atom is -0.486 e. The van der Waals surface area contributed by atoms with Crippen LogP contribution in [0, 0.1) is 0 Å². The lowest BCUT2D eigenvalue weighted by Gasteiger charge is -2.22. The summed E-state index contributed by atoms with van der Waals surface area (Å²) in [7, 11) is 1.59. The van der Waals surface area contributed by atoms with E-state index in [1.807, 2.05) is 0 Å². The third-order valence-electron chi connectivity index (χ3n) is 2.73. The predicted molar refractivity (Wildman–Crippen MR) is 69.0 cm³/mol. The largest absolute Gasteiger partial charge is 0.486 e. The number of fused-ring (bicyclic) bond motifs is 1. The van der Waals surface area contributed by atoms with Crippen molar-refractivity contribution in [2.75, 3.05) is 31.3 Å². The van der Waals surface area contributed by atoms with Gasteiger partial charge in [0, 0.05) is 19.2 Å². The standard InChI is InChI=1S/C12H17N3O3/c1-7(12(16)14-2)15-9-6-11-10(5-8(9)13)17-3-4-18-11/h5-7,15H,3-4,13H2,1-2H3,(H,14,16). The molecule has 18 heavy (non-hydrogen) atoms. The SMILES string of the molecule is CNC(=O)C(C)Nc1cc2c(cc1N)OCCO2. The summed E-state index contributed by atoms with van der Waals surface area (Å²) in [5, 5.41) is 5.61. The van der Waals surface area contributed by atoms with E-state index in [0.717, 1.165) is 0 Å². The van der Waals surface area contributed by atoms with Crippen LogP contribution >= 0.6 is 0 Å². The van der Waals surface area contributed by atoms with Crippen molar-refractivity contribution in [3.8, 4) is 11.5 Å². The summed E-state index contributed by atoms with van der Waals surface area (Å²) >= 11 is 0. The molecule has 6 heteroatoms. The number of amides is 1. The van der Waals surface area contributed by atoms with Crippen LogP contribution in [0.4, 0.5) is 11.4 Å². The van der Waals surface area contributed by atoms with Crippen LogP contribution in [0.25, 0.3) is 0 Å². The number of likely N-dealkylation sites (N-methyl/N-ethyl adjacent to an activating group) is 1. The van der Waals surface area contributed by atoms with Gasteiger partial charge in [-0.25, -0.2) is 0 Å². The molecule has 2 rings (SSSR count). The van der Waals surface area contributed by atoms with E-state index in [9.17, 15) is 4.79 Å². The molecule has 0 fully saturated rings. The highest BCUT2D eigenvalue weighted by atomic mass is 16.6. The Bertz CT molecular complexity index is 462. The molecular weight excluding hydrogens is 234 g/mol. The summed E-state index contributed by atoms with van der Waals surface area (Å²) in [6.07, 6.45) is 0. The van der Waals surface area contributed by atoms with Gasteiger partial charge in [0.25, 0.3) is 0 Å². The number of hydrogen-bond donors (Lipinski definition) is 3. The summed E-state index contributed by atoms with van der Waals surface area (Å²) in [5.41, 5.74) is 7.09. The van der Waals surface area contributed by atoms with E-state index in [1.54, 1.807) is 26.1 Å². The molecule has 0 aromatic heterocycles. The van der Waals surface area contributed by atoms with Crippen molar-refractivity contribution >= 4 is 17.3 Å². The minimum absolute atomic E-state index is 0.107. The molecule has 98 valence electrons. The Kier molecular flexibility index (Phi) is 3.45. The Morgan fingerprint density at radius 3 is 2.56 bits per heavy atom. The van der Waals surface area contributed by atoms with Gasteiger partial charge in [0.1, 0.15) is 19.3 Å². The molecule has 0 radical (unpaired) electrons. The Morgan fingerprint density at radius 1 is 1.33 bits per heavy atom. The van der Waals surface area contributed by atoms with Gasteiger partial charge < -0.3 is 25.8 Å². The fourth-order valence-electron chi connectivity index (χ4n) is 1.74. The van der Waals surface area contributed by atoms with Crippen LogP contribution in [0.3, 0.4) is 0 Å². The molecule has 0 bridgehead atoms. The first-order valence-corrected chi connectivity index (χ1v) is 5.79. The van der Waals surface area contributed by atoms with Crippen molar-refractivity contribution in [2.24, 2.45) is 0 Å². The first kappa shape index (κ1) is 12.3. The number of rotatable bonds is 3. The molecule has 4 N–H and O–H groups in total. The summed E-state index contributed by atoms with van der Waals surface area (Å²) < 4.78 is 10.9. The first-order valence-electron chi connectivity index (χ1n) is 5.79. The van der Waals surface area contributed by atoms with Gasteiger partial charge in [-0.2, -0.15) is 0 Å². The van der Waals surface area contributed by atoms with E-state index in [4.69, 9.17) is 15.2 Å². The molecule has 6 nitrogen and oxygen atoms in total. The normalized spacial score (nSPS) is 14.8. The Balaban J connectivity index is 2.20. The smallest absolute Gasteiger partial charge is 0.241 e. The molecule has 1 amide bonds. The van der Waals surface area contributed by atoms with Gasteiger partial charge in [-0.1, -0.05) is 0 Å². The Hall–Kier alpha value is -2.11. The van der Waals surface area contributed by atoms with E-state index in [2.05, 4.69) is 10.6 Å². The van der Waals surface area contributed by atoms with Crippen molar-refractivity contribution in [3.05, 3.63) is 12.1 Å². The van der Waals surface area contributed by atoms with Crippen LogP contribution in [0.1, 0.15) is 6.92 Å². The summed E-state index contributed by atoms with van der Waals surface area (Å²) in [6.45, 7) is 2.80. The molecule has 0 aliphatic carbocycles. The molecule has 1 aromatic carbocycles. The van der Waals surface area contributed by atoms with Crippen LogP contribution < -0.4 is 25.8 Å². The number of nitrogens with one attached hydrogen (secondary N) is 2. The third-order valence-corrected chi connectivity index (χ3v) is 2.73. The van der Waals surface area contributed by atoms with Crippen LogP contribution in [-0.4, -0.2) is 32.2 Å². The summed E-state index contributed by atoms with van der Waals surface area (Å²) in [6, 6.07) is 3.08. The zero-order chi connectivity index (χ0) is 13.1. The number of benzene rings is 1. The highest BCUT2D eigenvalue weighted by molar-refractivity contribution is 5.85. The van der Waals surface area contributed by atoms with Crippen molar-refractivity contribution in [2.45, 2.75) is 13.0 Å².